The Morgan fingerprint density at radius 2 is 2.17 bits per heavy atom. The average molecular weight is 248 g/mol. The van der Waals surface area contributed by atoms with Gasteiger partial charge in [0, 0.05) is 5.56 Å². The normalized spacial score (nSPS) is 14.4. The van der Waals surface area contributed by atoms with E-state index in [4.69, 9.17) is 0 Å². The fourth-order valence-corrected chi connectivity index (χ4v) is 1.57. The molecule has 1 unspecified atom stereocenters. The molecule has 2 rings (SSSR count). The zero-order valence-electron chi connectivity index (χ0n) is 10.4. The van der Waals surface area contributed by atoms with Crippen molar-refractivity contribution in [2.24, 2.45) is 0 Å². The molecule has 1 aromatic heterocycles. The number of aliphatic hydroxyl groups excluding tert-OH is 1. The quantitative estimate of drug-likeness (QED) is 0.748. The first-order valence-corrected chi connectivity index (χ1v) is 5.82. The molecular weight excluding hydrogens is 232 g/mol. The van der Waals surface area contributed by atoms with Crippen LogP contribution in [0.15, 0.2) is 18.2 Å². The van der Waals surface area contributed by atoms with Crippen LogP contribution < -0.4 is 5.32 Å². The van der Waals surface area contributed by atoms with Gasteiger partial charge in [0.15, 0.2) is 0 Å². The Labute approximate surface area is 104 Å². The number of H-pyrrole nitrogens is 1. The summed E-state index contributed by atoms with van der Waals surface area (Å²) < 4.78 is 0. The largest absolute Gasteiger partial charge is 0.394 e. The standard InChI is InChI=1S/C12H16N4O2/c1-3-12(2,7-17)13-11(18)8-4-5-9-10(6-8)15-16-14-9/h4-6,17H,3,7H2,1-2H3,(H,13,18)(H,14,15,16). The van der Waals surface area contributed by atoms with Crippen LogP contribution in [0.4, 0.5) is 0 Å². The average Bonchev–Trinajstić information content (AvgIpc) is 2.85. The Morgan fingerprint density at radius 1 is 1.44 bits per heavy atom. The van der Waals surface area contributed by atoms with Gasteiger partial charge in [0.1, 0.15) is 11.0 Å². The van der Waals surface area contributed by atoms with E-state index in [-0.39, 0.29) is 12.5 Å². The van der Waals surface area contributed by atoms with E-state index in [2.05, 4.69) is 20.7 Å². The highest BCUT2D eigenvalue weighted by molar-refractivity contribution is 5.97. The van der Waals surface area contributed by atoms with Gasteiger partial charge in [0.05, 0.1) is 12.1 Å². The molecule has 0 spiro atoms. The van der Waals surface area contributed by atoms with Crippen LogP contribution in [0.1, 0.15) is 30.6 Å². The van der Waals surface area contributed by atoms with Crippen molar-refractivity contribution in [3.05, 3.63) is 23.8 Å². The van der Waals surface area contributed by atoms with Gasteiger partial charge in [-0.05, 0) is 31.5 Å². The summed E-state index contributed by atoms with van der Waals surface area (Å²) in [5.41, 5.74) is 1.26. The second kappa shape index (κ2) is 4.73. The summed E-state index contributed by atoms with van der Waals surface area (Å²) in [6, 6.07) is 5.09. The molecule has 2 aromatic rings. The summed E-state index contributed by atoms with van der Waals surface area (Å²) in [6.45, 7) is 3.62. The van der Waals surface area contributed by atoms with Crippen LogP contribution in [0.3, 0.4) is 0 Å². The summed E-state index contributed by atoms with van der Waals surface area (Å²) in [6.07, 6.45) is 0.654. The lowest BCUT2D eigenvalue weighted by Gasteiger charge is -2.27. The molecule has 1 amide bonds. The SMILES string of the molecule is CCC(C)(CO)NC(=O)c1ccc2n[nH]nc2c1. The van der Waals surface area contributed by atoms with Crippen LogP contribution in [-0.4, -0.2) is 38.6 Å². The zero-order valence-corrected chi connectivity index (χ0v) is 10.4. The molecule has 1 aromatic carbocycles. The number of benzene rings is 1. The molecule has 3 N–H and O–H groups in total. The number of aliphatic hydroxyl groups is 1. The Kier molecular flexibility index (Phi) is 3.29. The molecule has 0 aliphatic heterocycles. The molecule has 18 heavy (non-hydrogen) atoms. The second-order valence-corrected chi connectivity index (χ2v) is 4.55. The van der Waals surface area contributed by atoms with E-state index in [1.807, 2.05) is 6.92 Å². The highest BCUT2D eigenvalue weighted by Gasteiger charge is 2.23. The van der Waals surface area contributed by atoms with Gasteiger partial charge in [0.25, 0.3) is 5.91 Å². The summed E-state index contributed by atoms with van der Waals surface area (Å²) in [4.78, 5) is 12.1. The summed E-state index contributed by atoms with van der Waals surface area (Å²) in [5.74, 6) is -0.224. The number of aromatic amines is 1. The predicted molar refractivity (Wildman–Crippen MR) is 67.1 cm³/mol. The van der Waals surface area contributed by atoms with Gasteiger partial charge in [-0.15, -0.1) is 0 Å². The zero-order chi connectivity index (χ0) is 13.2. The third-order valence-electron chi connectivity index (χ3n) is 3.12. The third kappa shape index (κ3) is 2.33. The maximum absolute atomic E-state index is 12.1. The second-order valence-electron chi connectivity index (χ2n) is 4.55. The van der Waals surface area contributed by atoms with Crippen LogP contribution in [0.2, 0.25) is 0 Å². The first-order chi connectivity index (χ1) is 8.58. The number of nitrogens with zero attached hydrogens (tertiary/aromatic N) is 2. The minimum absolute atomic E-state index is 0.0958. The molecule has 6 nitrogen and oxygen atoms in total. The van der Waals surface area contributed by atoms with Gasteiger partial charge in [-0.1, -0.05) is 6.92 Å². The molecule has 0 aliphatic rings. The Hall–Kier alpha value is -1.95. The van der Waals surface area contributed by atoms with Crippen molar-refractivity contribution in [2.45, 2.75) is 25.8 Å². The van der Waals surface area contributed by atoms with Crippen molar-refractivity contribution in [1.82, 2.24) is 20.7 Å². The number of amides is 1. The number of fused-ring (bicyclic) bond motifs is 1. The molecule has 96 valence electrons. The first-order valence-electron chi connectivity index (χ1n) is 5.82. The number of nitrogens with one attached hydrogen (secondary N) is 2. The fraction of sp³-hybridized carbons (Fsp3) is 0.417. The number of rotatable bonds is 4. The fourth-order valence-electron chi connectivity index (χ4n) is 1.57. The predicted octanol–water partition coefficient (Wildman–Crippen LogP) is 0.849. The Bertz CT molecular complexity index is 560. The van der Waals surface area contributed by atoms with Crippen LogP contribution in [0.5, 0.6) is 0 Å². The number of carbonyl (C=O) groups excluding carboxylic acids is 1. The smallest absolute Gasteiger partial charge is 0.251 e. The van der Waals surface area contributed by atoms with Gasteiger partial charge in [-0.2, -0.15) is 15.4 Å². The molecule has 1 heterocycles. The van der Waals surface area contributed by atoms with E-state index in [0.717, 1.165) is 0 Å². The highest BCUT2D eigenvalue weighted by Crippen LogP contribution is 2.13. The molecular formula is C12H16N4O2. The molecule has 0 bridgehead atoms. The molecule has 0 aliphatic carbocycles. The van der Waals surface area contributed by atoms with Gasteiger partial charge in [-0.25, -0.2) is 0 Å². The first kappa shape index (κ1) is 12.5. The maximum Gasteiger partial charge on any atom is 0.251 e. The van der Waals surface area contributed by atoms with Crippen molar-refractivity contribution in [3.8, 4) is 0 Å². The van der Waals surface area contributed by atoms with Crippen LogP contribution in [-0.2, 0) is 0 Å². The van der Waals surface area contributed by atoms with Crippen molar-refractivity contribution in [1.29, 1.82) is 0 Å². The van der Waals surface area contributed by atoms with Gasteiger partial charge >= 0.3 is 0 Å². The number of carbonyl (C=O) groups is 1. The van der Waals surface area contributed by atoms with E-state index >= 15 is 0 Å². The van der Waals surface area contributed by atoms with Crippen molar-refractivity contribution < 1.29 is 9.90 Å². The molecule has 0 saturated heterocycles. The lowest BCUT2D eigenvalue weighted by atomic mass is 9.99. The van der Waals surface area contributed by atoms with E-state index in [9.17, 15) is 9.90 Å². The minimum atomic E-state index is -0.601. The minimum Gasteiger partial charge on any atom is -0.394 e. The molecule has 6 heteroatoms. The van der Waals surface area contributed by atoms with Crippen molar-refractivity contribution in [3.63, 3.8) is 0 Å². The van der Waals surface area contributed by atoms with Crippen LogP contribution >= 0.6 is 0 Å². The Morgan fingerprint density at radius 3 is 2.83 bits per heavy atom. The Balaban J connectivity index is 2.22. The number of aromatic nitrogens is 3. The van der Waals surface area contributed by atoms with Crippen LogP contribution in [0, 0.1) is 0 Å². The lowest BCUT2D eigenvalue weighted by molar-refractivity contribution is 0.0847. The molecule has 0 saturated carbocycles. The van der Waals surface area contributed by atoms with Gasteiger partial charge in [0.2, 0.25) is 0 Å². The highest BCUT2D eigenvalue weighted by atomic mass is 16.3. The van der Waals surface area contributed by atoms with Crippen molar-refractivity contribution in [2.75, 3.05) is 6.61 Å². The topological polar surface area (TPSA) is 90.9 Å². The van der Waals surface area contributed by atoms with Gasteiger partial charge in [-0.3, -0.25) is 4.79 Å². The van der Waals surface area contributed by atoms with E-state index in [1.54, 1.807) is 25.1 Å². The van der Waals surface area contributed by atoms with Gasteiger partial charge < -0.3 is 10.4 Å². The monoisotopic (exact) mass is 248 g/mol. The van der Waals surface area contributed by atoms with E-state index in [1.165, 1.54) is 0 Å². The third-order valence-corrected chi connectivity index (χ3v) is 3.12. The van der Waals surface area contributed by atoms with Crippen molar-refractivity contribution >= 4 is 16.9 Å². The molecule has 0 radical (unpaired) electrons. The van der Waals surface area contributed by atoms with E-state index < -0.39 is 5.54 Å². The molecule has 1 atom stereocenters. The molecule has 0 fully saturated rings. The summed E-state index contributed by atoms with van der Waals surface area (Å²) in [5, 5.41) is 22.5. The van der Waals surface area contributed by atoms with E-state index in [0.29, 0.717) is 23.0 Å². The summed E-state index contributed by atoms with van der Waals surface area (Å²) >= 11 is 0. The van der Waals surface area contributed by atoms with Crippen LogP contribution in [0.25, 0.3) is 11.0 Å². The maximum atomic E-state index is 12.1. The number of hydrogen-bond donors (Lipinski definition) is 3. The summed E-state index contributed by atoms with van der Waals surface area (Å²) in [7, 11) is 0. The number of hydrogen-bond acceptors (Lipinski definition) is 4. The lowest BCUT2D eigenvalue weighted by Crippen LogP contribution is -2.48.